The van der Waals surface area contributed by atoms with E-state index in [9.17, 15) is 9.59 Å². The first kappa shape index (κ1) is 18.5. The summed E-state index contributed by atoms with van der Waals surface area (Å²) in [5.41, 5.74) is 1.52. The summed E-state index contributed by atoms with van der Waals surface area (Å²) in [6.07, 6.45) is 0.207. The molecule has 1 fully saturated rings. The van der Waals surface area contributed by atoms with Crippen molar-refractivity contribution in [1.29, 1.82) is 0 Å². The van der Waals surface area contributed by atoms with Crippen LogP contribution in [0.3, 0.4) is 0 Å². The summed E-state index contributed by atoms with van der Waals surface area (Å²) in [7, 11) is 5.43. The van der Waals surface area contributed by atoms with Crippen LogP contribution in [0.5, 0.6) is 5.75 Å². The Hall–Kier alpha value is -1.79. The number of carbonyl (C=O) groups is 2. The van der Waals surface area contributed by atoms with Crippen molar-refractivity contribution in [2.75, 3.05) is 45.7 Å². The van der Waals surface area contributed by atoms with Crippen LogP contribution in [0.2, 0.25) is 5.02 Å². The van der Waals surface area contributed by atoms with Crippen molar-refractivity contribution in [3.8, 4) is 5.75 Å². The van der Waals surface area contributed by atoms with E-state index in [1.165, 1.54) is 7.11 Å². The number of nitrogens with zero attached hydrogens (tertiary/aromatic N) is 2. The molecule has 0 spiro atoms. The summed E-state index contributed by atoms with van der Waals surface area (Å²) in [6.45, 7) is 3.56. The molecule has 1 aliphatic rings. The van der Waals surface area contributed by atoms with Gasteiger partial charge in [0.1, 0.15) is 5.75 Å². The molecule has 6 nitrogen and oxygen atoms in total. The lowest BCUT2D eigenvalue weighted by molar-refractivity contribution is -0.126. The monoisotopic (exact) mass is 353 g/mol. The van der Waals surface area contributed by atoms with E-state index >= 15 is 0 Å². The third-order valence-corrected chi connectivity index (χ3v) is 4.51. The standard InChI is InChI=1S/C17H24ClN3O3/c1-11-7-14(15(24-4)9-13(11)18)21-10-12(8-16(21)22)17(23)19-5-6-20(2)3/h7,9,12H,5-6,8,10H2,1-4H3,(H,19,23). The maximum absolute atomic E-state index is 12.4. The van der Waals surface area contributed by atoms with Gasteiger partial charge in [-0.15, -0.1) is 0 Å². The summed E-state index contributed by atoms with van der Waals surface area (Å²) < 4.78 is 5.34. The lowest BCUT2D eigenvalue weighted by Crippen LogP contribution is -2.36. The predicted molar refractivity (Wildman–Crippen MR) is 94.8 cm³/mol. The average Bonchev–Trinajstić information content (AvgIpc) is 2.91. The minimum absolute atomic E-state index is 0.0808. The Balaban J connectivity index is 2.10. The first-order chi connectivity index (χ1) is 11.3. The molecule has 1 aromatic carbocycles. The first-order valence-corrected chi connectivity index (χ1v) is 8.28. The molecule has 2 rings (SSSR count). The van der Waals surface area contributed by atoms with Gasteiger partial charge in [0, 0.05) is 37.1 Å². The lowest BCUT2D eigenvalue weighted by Gasteiger charge is -2.21. The number of methoxy groups -OCH3 is 1. The molecular weight excluding hydrogens is 330 g/mol. The molecule has 132 valence electrons. The molecule has 0 saturated carbocycles. The van der Waals surface area contributed by atoms with Crippen LogP contribution in [0, 0.1) is 12.8 Å². The van der Waals surface area contributed by atoms with Crippen molar-refractivity contribution in [3.63, 3.8) is 0 Å². The van der Waals surface area contributed by atoms with Crippen molar-refractivity contribution in [1.82, 2.24) is 10.2 Å². The maximum atomic E-state index is 12.4. The smallest absolute Gasteiger partial charge is 0.227 e. The van der Waals surface area contributed by atoms with Gasteiger partial charge in [0.25, 0.3) is 0 Å². The minimum atomic E-state index is -0.347. The molecule has 0 radical (unpaired) electrons. The van der Waals surface area contributed by atoms with E-state index in [1.807, 2.05) is 32.0 Å². The zero-order valence-corrected chi connectivity index (χ0v) is 15.3. The fourth-order valence-corrected chi connectivity index (χ4v) is 2.84. The van der Waals surface area contributed by atoms with Gasteiger partial charge < -0.3 is 19.9 Å². The first-order valence-electron chi connectivity index (χ1n) is 7.90. The van der Waals surface area contributed by atoms with Crippen LogP contribution in [0.4, 0.5) is 5.69 Å². The van der Waals surface area contributed by atoms with Crippen molar-refractivity contribution in [2.45, 2.75) is 13.3 Å². The van der Waals surface area contributed by atoms with E-state index in [2.05, 4.69) is 5.32 Å². The maximum Gasteiger partial charge on any atom is 0.227 e. The number of anilines is 1. The molecule has 1 N–H and O–H groups in total. The van der Waals surface area contributed by atoms with Gasteiger partial charge in [-0.3, -0.25) is 9.59 Å². The third kappa shape index (κ3) is 4.19. The molecule has 0 aromatic heterocycles. The van der Waals surface area contributed by atoms with Crippen LogP contribution in [0.25, 0.3) is 0 Å². The number of carbonyl (C=O) groups excluding carboxylic acids is 2. The normalized spacial score (nSPS) is 17.5. The molecule has 1 saturated heterocycles. The molecule has 2 amide bonds. The highest BCUT2D eigenvalue weighted by Crippen LogP contribution is 2.36. The highest BCUT2D eigenvalue weighted by Gasteiger charge is 2.36. The van der Waals surface area contributed by atoms with Crippen LogP contribution in [0.15, 0.2) is 12.1 Å². The van der Waals surface area contributed by atoms with Gasteiger partial charge in [0.05, 0.1) is 18.7 Å². The Kier molecular flexibility index (Phi) is 6.07. The van der Waals surface area contributed by atoms with E-state index < -0.39 is 0 Å². The number of hydrogen-bond donors (Lipinski definition) is 1. The fraction of sp³-hybridized carbons (Fsp3) is 0.529. The van der Waals surface area contributed by atoms with Crippen molar-refractivity contribution in [3.05, 3.63) is 22.7 Å². The predicted octanol–water partition coefficient (Wildman–Crippen LogP) is 1.69. The number of likely N-dealkylation sites (N-methyl/N-ethyl adjacent to an activating group) is 1. The Bertz CT molecular complexity index is 634. The molecule has 1 aromatic rings. The molecule has 1 unspecified atom stereocenters. The van der Waals surface area contributed by atoms with Gasteiger partial charge in [0.15, 0.2) is 0 Å². The van der Waals surface area contributed by atoms with Crippen molar-refractivity contribution >= 4 is 29.1 Å². The van der Waals surface area contributed by atoms with E-state index in [0.29, 0.717) is 29.5 Å². The number of rotatable bonds is 6. The second-order valence-corrected chi connectivity index (χ2v) is 6.68. The van der Waals surface area contributed by atoms with Crippen LogP contribution < -0.4 is 15.0 Å². The van der Waals surface area contributed by atoms with Crippen LogP contribution in [-0.2, 0) is 9.59 Å². The van der Waals surface area contributed by atoms with E-state index in [-0.39, 0.29) is 24.2 Å². The number of aryl methyl sites for hydroxylation is 1. The lowest BCUT2D eigenvalue weighted by atomic mass is 10.1. The zero-order chi connectivity index (χ0) is 17.9. The molecule has 7 heteroatoms. The fourth-order valence-electron chi connectivity index (χ4n) is 2.69. The summed E-state index contributed by atoms with van der Waals surface area (Å²) in [5, 5.41) is 3.47. The quantitative estimate of drug-likeness (QED) is 0.845. The molecule has 1 atom stereocenters. The van der Waals surface area contributed by atoms with E-state index in [0.717, 1.165) is 12.1 Å². The van der Waals surface area contributed by atoms with Gasteiger partial charge in [-0.2, -0.15) is 0 Å². The molecule has 0 aliphatic carbocycles. The second kappa shape index (κ2) is 7.85. The SMILES string of the molecule is COc1cc(Cl)c(C)cc1N1CC(C(=O)NCCN(C)C)CC1=O. The van der Waals surface area contributed by atoms with Gasteiger partial charge >= 0.3 is 0 Å². The number of halogens is 1. The zero-order valence-electron chi connectivity index (χ0n) is 14.6. The third-order valence-electron chi connectivity index (χ3n) is 4.10. The number of benzene rings is 1. The van der Waals surface area contributed by atoms with Crippen LogP contribution in [0.1, 0.15) is 12.0 Å². The Morgan fingerprint density at radius 3 is 2.79 bits per heavy atom. The Morgan fingerprint density at radius 2 is 2.17 bits per heavy atom. The molecule has 1 aliphatic heterocycles. The molecule has 1 heterocycles. The number of amides is 2. The molecule has 24 heavy (non-hydrogen) atoms. The second-order valence-electron chi connectivity index (χ2n) is 6.27. The number of ether oxygens (including phenoxy) is 1. The van der Waals surface area contributed by atoms with Gasteiger partial charge in [-0.1, -0.05) is 11.6 Å². The summed E-state index contributed by atoms with van der Waals surface area (Å²) in [6, 6.07) is 3.52. The summed E-state index contributed by atoms with van der Waals surface area (Å²) >= 11 is 6.12. The highest BCUT2D eigenvalue weighted by molar-refractivity contribution is 6.31. The highest BCUT2D eigenvalue weighted by atomic mass is 35.5. The summed E-state index contributed by atoms with van der Waals surface area (Å²) in [5.74, 6) is 0.0214. The largest absolute Gasteiger partial charge is 0.495 e. The molecule has 0 bridgehead atoms. The van der Waals surface area contributed by atoms with Crippen molar-refractivity contribution < 1.29 is 14.3 Å². The number of nitrogens with one attached hydrogen (secondary N) is 1. The van der Waals surface area contributed by atoms with Gasteiger partial charge in [0.2, 0.25) is 11.8 Å². The van der Waals surface area contributed by atoms with Gasteiger partial charge in [-0.25, -0.2) is 0 Å². The van der Waals surface area contributed by atoms with E-state index in [1.54, 1.807) is 11.0 Å². The topological polar surface area (TPSA) is 61.9 Å². The minimum Gasteiger partial charge on any atom is -0.495 e. The Labute approximate surface area is 147 Å². The van der Waals surface area contributed by atoms with Crippen LogP contribution >= 0.6 is 11.6 Å². The molecular formula is C17H24ClN3O3. The van der Waals surface area contributed by atoms with Gasteiger partial charge in [-0.05, 0) is 32.6 Å². The Morgan fingerprint density at radius 1 is 1.46 bits per heavy atom. The number of hydrogen-bond acceptors (Lipinski definition) is 4. The van der Waals surface area contributed by atoms with E-state index in [4.69, 9.17) is 16.3 Å². The average molecular weight is 354 g/mol. The van der Waals surface area contributed by atoms with Crippen LogP contribution in [-0.4, -0.2) is 57.6 Å². The van der Waals surface area contributed by atoms with Crippen molar-refractivity contribution in [2.24, 2.45) is 5.92 Å². The summed E-state index contributed by atoms with van der Waals surface area (Å²) in [4.78, 5) is 28.3.